The van der Waals surface area contributed by atoms with Gasteiger partial charge in [-0.25, -0.2) is 14.4 Å². The van der Waals surface area contributed by atoms with E-state index in [2.05, 4.69) is 42.0 Å². The predicted molar refractivity (Wildman–Crippen MR) is 329 cm³/mol. The van der Waals surface area contributed by atoms with Crippen LogP contribution in [0.2, 0.25) is 0 Å². The zero-order valence-corrected chi connectivity index (χ0v) is 53.2. The minimum atomic E-state index is -2.62. The summed E-state index contributed by atoms with van der Waals surface area (Å²) >= 11 is 0. The van der Waals surface area contributed by atoms with Crippen LogP contribution in [0.4, 0.5) is 4.79 Å². The third kappa shape index (κ3) is 33.5. The summed E-state index contributed by atoms with van der Waals surface area (Å²) in [5.41, 5.74) is 3.32. The number of carboxylic acids is 1. The summed E-state index contributed by atoms with van der Waals surface area (Å²) in [6, 6.07) is 13.8. The van der Waals surface area contributed by atoms with Crippen LogP contribution in [-0.4, -0.2) is 123 Å². The van der Waals surface area contributed by atoms with E-state index in [0.29, 0.717) is 38.1 Å². The standard InChI is InChI=1S/C65H107N4O13P/c1-63(2,3)40-47-83(77,82-65(7,8)9)46-31-23-21-19-17-15-13-11-10-12-14-16-18-20-22-24-37-58(71)68-56(61(75)81-64(4,5)6)38-39-57(70)67-42-43-78-44-45-79-49-59(72)66-41-30-29-36-55(60(73)74)69-62(76)80-48-54-52-34-27-25-32-50(52)51-33-26-28-35-53(51)54/h25-28,32-35,54-56H,10-24,29-31,36-49H2,1-9H3,(H,66,72)(H,67,70)(H,68,71)(H,69,76)(H,73,74)/t55-,56-,83?/m0/s1. The number of hydrogen-bond donors (Lipinski definition) is 5. The van der Waals surface area contributed by atoms with Gasteiger partial charge in [-0.2, -0.15) is 0 Å². The van der Waals surface area contributed by atoms with Crippen LogP contribution in [0.25, 0.3) is 11.1 Å². The van der Waals surface area contributed by atoms with E-state index in [0.717, 1.165) is 67.2 Å². The van der Waals surface area contributed by atoms with Crippen molar-refractivity contribution >= 4 is 43.1 Å². The van der Waals surface area contributed by atoms with Crippen LogP contribution < -0.4 is 21.3 Å². The Kier molecular flexibility index (Phi) is 34.0. The molecule has 17 nitrogen and oxygen atoms in total. The molecule has 0 bridgehead atoms. The lowest BCUT2D eigenvalue weighted by Crippen LogP contribution is -2.44. The summed E-state index contributed by atoms with van der Waals surface area (Å²) in [6.07, 6.45) is 21.5. The van der Waals surface area contributed by atoms with Crippen molar-refractivity contribution in [2.75, 3.05) is 58.4 Å². The number of alkyl carbamates (subject to hydrolysis) is 1. The number of nitrogens with one attached hydrogen (secondary N) is 4. The highest BCUT2D eigenvalue weighted by Gasteiger charge is 2.32. The van der Waals surface area contributed by atoms with E-state index in [1.165, 1.54) is 64.2 Å². The van der Waals surface area contributed by atoms with E-state index in [1.54, 1.807) is 20.8 Å². The minimum absolute atomic E-state index is 0.000569. The summed E-state index contributed by atoms with van der Waals surface area (Å²) < 4.78 is 41.8. The number of benzene rings is 2. The number of carbonyl (C=O) groups is 6. The second-order valence-electron chi connectivity index (χ2n) is 25.6. The molecule has 0 heterocycles. The molecule has 0 spiro atoms. The van der Waals surface area contributed by atoms with Crippen LogP contribution in [0.15, 0.2) is 48.5 Å². The van der Waals surface area contributed by atoms with Crippen molar-refractivity contribution in [1.29, 1.82) is 0 Å². The average molecular weight is 1180 g/mol. The number of carbonyl (C=O) groups excluding carboxylic acids is 5. The second-order valence-corrected chi connectivity index (χ2v) is 28.3. The molecule has 0 saturated heterocycles. The van der Waals surface area contributed by atoms with Crippen molar-refractivity contribution in [2.45, 2.75) is 239 Å². The van der Waals surface area contributed by atoms with E-state index in [4.69, 9.17) is 23.5 Å². The molecule has 1 unspecified atom stereocenters. The first-order chi connectivity index (χ1) is 39.3. The molecular weight excluding hydrogens is 1080 g/mol. The molecule has 0 saturated carbocycles. The first-order valence-corrected chi connectivity index (χ1v) is 33.2. The molecule has 83 heavy (non-hydrogen) atoms. The van der Waals surface area contributed by atoms with Gasteiger partial charge in [-0.05, 0) is 114 Å². The Labute approximate surface area is 498 Å². The van der Waals surface area contributed by atoms with Crippen LogP contribution in [0.5, 0.6) is 0 Å². The van der Waals surface area contributed by atoms with Gasteiger partial charge in [0.15, 0.2) is 0 Å². The largest absolute Gasteiger partial charge is 0.480 e. The number of fused-ring (bicyclic) bond motifs is 3. The topological polar surface area (TPSA) is 234 Å². The molecule has 2 aromatic rings. The van der Waals surface area contributed by atoms with E-state index in [1.807, 2.05) is 69.3 Å². The molecule has 0 fully saturated rings. The Hall–Kier alpha value is -4.83. The van der Waals surface area contributed by atoms with Crippen molar-refractivity contribution in [1.82, 2.24) is 21.3 Å². The lowest BCUT2D eigenvalue weighted by atomic mass is 9.94. The molecule has 470 valence electrons. The van der Waals surface area contributed by atoms with E-state index < -0.39 is 43.1 Å². The quantitative estimate of drug-likeness (QED) is 0.0236. The number of aliphatic carboxylic acids is 1. The molecule has 18 heteroatoms. The lowest BCUT2D eigenvalue weighted by molar-refractivity contribution is -0.159. The van der Waals surface area contributed by atoms with Crippen molar-refractivity contribution in [3.05, 3.63) is 59.7 Å². The highest BCUT2D eigenvalue weighted by atomic mass is 31.2. The maximum Gasteiger partial charge on any atom is 0.407 e. The Morgan fingerprint density at radius 1 is 0.542 bits per heavy atom. The molecule has 1 aliphatic carbocycles. The van der Waals surface area contributed by atoms with Gasteiger partial charge in [0.05, 0.1) is 25.4 Å². The van der Waals surface area contributed by atoms with Gasteiger partial charge in [-0.3, -0.25) is 18.9 Å². The Morgan fingerprint density at radius 2 is 1.07 bits per heavy atom. The monoisotopic (exact) mass is 1180 g/mol. The van der Waals surface area contributed by atoms with Crippen molar-refractivity contribution in [3.8, 4) is 11.1 Å². The van der Waals surface area contributed by atoms with Crippen molar-refractivity contribution in [2.24, 2.45) is 5.41 Å². The van der Waals surface area contributed by atoms with Gasteiger partial charge >= 0.3 is 18.0 Å². The molecule has 3 rings (SSSR count). The fourth-order valence-corrected chi connectivity index (χ4v) is 13.1. The molecule has 2 aromatic carbocycles. The number of rotatable bonds is 44. The molecule has 0 radical (unpaired) electrons. The predicted octanol–water partition coefficient (Wildman–Crippen LogP) is 13.2. The summed E-state index contributed by atoms with van der Waals surface area (Å²) in [4.78, 5) is 75.5. The van der Waals surface area contributed by atoms with Gasteiger partial charge in [-0.15, -0.1) is 0 Å². The number of hydrogen-bond acceptors (Lipinski definition) is 12. The van der Waals surface area contributed by atoms with Gasteiger partial charge in [0.2, 0.25) is 25.1 Å². The zero-order chi connectivity index (χ0) is 61.2. The number of esters is 1. The average Bonchev–Trinajstić information content (AvgIpc) is 2.06. The zero-order valence-electron chi connectivity index (χ0n) is 52.3. The summed E-state index contributed by atoms with van der Waals surface area (Å²) in [7, 11) is -2.62. The third-order valence-electron chi connectivity index (χ3n) is 14.3. The maximum absolute atomic E-state index is 13.6. The number of ether oxygens (including phenoxy) is 4. The van der Waals surface area contributed by atoms with Crippen molar-refractivity contribution in [3.63, 3.8) is 0 Å². The lowest BCUT2D eigenvalue weighted by Gasteiger charge is -2.30. The Morgan fingerprint density at radius 3 is 1.61 bits per heavy atom. The van der Waals surface area contributed by atoms with Crippen molar-refractivity contribution < 1.29 is 61.9 Å². The van der Waals surface area contributed by atoms with Crippen LogP contribution >= 0.6 is 7.37 Å². The molecule has 4 amide bonds. The van der Waals surface area contributed by atoms with Crippen LogP contribution in [0.3, 0.4) is 0 Å². The molecule has 0 aromatic heterocycles. The van der Waals surface area contributed by atoms with Crippen LogP contribution in [-0.2, 0) is 52.0 Å². The summed E-state index contributed by atoms with van der Waals surface area (Å²) in [5.74, 6) is -2.77. The first-order valence-electron chi connectivity index (χ1n) is 31.2. The molecule has 5 N–H and O–H groups in total. The minimum Gasteiger partial charge on any atom is -0.480 e. The fraction of sp³-hybridized carbons (Fsp3) is 0.723. The summed E-state index contributed by atoms with van der Waals surface area (Å²) in [6.45, 7) is 18.8. The second kappa shape index (κ2) is 39.0. The van der Waals surface area contributed by atoms with E-state index in [-0.39, 0.29) is 93.5 Å². The smallest absolute Gasteiger partial charge is 0.407 e. The molecule has 1 aliphatic rings. The molecular formula is C65H107N4O13P. The van der Waals surface area contributed by atoms with Gasteiger partial charge in [-0.1, -0.05) is 159 Å². The van der Waals surface area contributed by atoms with Gasteiger partial charge in [0.25, 0.3) is 0 Å². The van der Waals surface area contributed by atoms with E-state index >= 15 is 0 Å². The number of carboxylic acid groups (broad SMARTS) is 1. The van der Waals surface area contributed by atoms with Gasteiger partial charge in [0.1, 0.15) is 30.9 Å². The van der Waals surface area contributed by atoms with E-state index in [9.17, 15) is 38.4 Å². The SMILES string of the molecule is CC(C)(C)CCP(=O)(CCCCCCCCCCCCCCCCCCC(=O)N[C@@H](CCC(=O)NCCOCCOCC(=O)NCCCC[C@H](NC(=O)OCC1c2ccccc2-c2ccccc21)C(=O)O)C(=O)OC(C)(C)C)OC(C)(C)C. The first kappa shape index (κ1) is 72.4. The summed E-state index contributed by atoms with van der Waals surface area (Å²) in [5, 5.41) is 20.5. The normalized spacial score (nSPS) is 13.9. The van der Waals surface area contributed by atoms with Crippen LogP contribution in [0, 0.1) is 5.41 Å². The third-order valence-corrected chi connectivity index (χ3v) is 17.1. The van der Waals surface area contributed by atoms with Gasteiger partial charge < -0.3 is 49.8 Å². The highest BCUT2D eigenvalue weighted by molar-refractivity contribution is 7.59. The number of unbranched alkanes of at least 4 members (excludes halogenated alkanes) is 16. The Bertz CT molecular complexity index is 2240. The van der Waals surface area contributed by atoms with Gasteiger partial charge in [0, 0.05) is 44.2 Å². The highest BCUT2D eigenvalue weighted by Crippen LogP contribution is 2.53. The Balaban J connectivity index is 1.14. The molecule has 0 aliphatic heterocycles. The molecule has 3 atom stereocenters. The fourth-order valence-electron chi connectivity index (χ4n) is 10.0. The maximum atomic E-state index is 13.6. The van der Waals surface area contributed by atoms with Crippen LogP contribution in [0.1, 0.15) is 227 Å². The number of amides is 4.